The van der Waals surface area contributed by atoms with Crippen LogP contribution in [0.1, 0.15) is 55.2 Å². The molecule has 1 aliphatic heterocycles. The van der Waals surface area contributed by atoms with E-state index >= 15 is 0 Å². The number of nitrogens with one attached hydrogen (secondary N) is 2. The molecule has 0 bridgehead atoms. The Labute approximate surface area is 160 Å². The number of aliphatic hydroxyl groups is 1. The fraction of sp³-hybridized carbons (Fsp3) is 0.409. The zero-order valence-corrected chi connectivity index (χ0v) is 16.3. The van der Waals surface area contributed by atoms with Crippen LogP contribution in [0.25, 0.3) is 0 Å². The van der Waals surface area contributed by atoms with Crippen molar-refractivity contribution in [2.45, 2.75) is 45.7 Å². The Kier molecular flexibility index (Phi) is 4.91. The molecule has 144 valence electrons. The zero-order chi connectivity index (χ0) is 19.8. The summed E-state index contributed by atoms with van der Waals surface area (Å²) in [6.45, 7) is 8.35. The summed E-state index contributed by atoms with van der Waals surface area (Å²) in [6, 6.07) is 13.6. The fourth-order valence-corrected chi connectivity index (χ4v) is 3.72. The molecule has 0 saturated carbocycles. The van der Waals surface area contributed by atoms with E-state index in [0.29, 0.717) is 5.56 Å². The quantitative estimate of drug-likeness (QED) is 0.632. The van der Waals surface area contributed by atoms with E-state index < -0.39 is 11.5 Å². The first-order valence-electron chi connectivity index (χ1n) is 9.23. The molecule has 0 spiro atoms. The SMILES string of the molecule is CC(C)(CO)Nc1cccc(C2Nc3ccc(C(=O)O)cc3CC2(C)C)c1. The van der Waals surface area contributed by atoms with Gasteiger partial charge in [-0.2, -0.15) is 0 Å². The van der Waals surface area contributed by atoms with E-state index in [1.807, 2.05) is 32.0 Å². The number of rotatable bonds is 5. The number of carboxylic acids is 1. The van der Waals surface area contributed by atoms with Crippen LogP contribution >= 0.6 is 0 Å². The van der Waals surface area contributed by atoms with Crippen molar-refractivity contribution in [3.8, 4) is 0 Å². The van der Waals surface area contributed by atoms with Crippen molar-refractivity contribution >= 4 is 17.3 Å². The smallest absolute Gasteiger partial charge is 0.335 e. The van der Waals surface area contributed by atoms with E-state index in [9.17, 15) is 15.0 Å². The molecule has 5 nitrogen and oxygen atoms in total. The lowest BCUT2D eigenvalue weighted by atomic mass is 9.72. The highest BCUT2D eigenvalue weighted by molar-refractivity contribution is 5.88. The molecule has 0 amide bonds. The number of fused-ring (bicyclic) bond motifs is 1. The van der Waals surface area contributed by atoms with E-state index in [1.54, 1.807) is 12.1 Å². The molecule has 2 aromatic carbocycles. The third-order valence-corrected chi connectivity index (χ3v) is 5.18. The summed E-state index contributed by atoms with van der Waals surface area (Å²) in [7, 11) is 0. The van der Waals surface area contributed by atoms with E-state index in [0.717, 1.165) is 28.9 Å². The van der Waals surface area contributed by atoms with Crippen LogP contribution in [0.5, 0.6) is 0 Å². The molecule has 0 radical (unpaired) electrons. The van der Waals surface area contributed by atoms with Gasteiger partial charge in [-0.3, -0.25) is 0 Å². The molecule has 0 aromatic heterocycles. The standard InChI is InChI=1S/C22H28N2O3/c1-21(2)12-16-10-15(20(26)27)8-9-18(16)23-19(21)14-6-5-7-17(11-14)24-22(3,4)13-25/h5-11,19,23-25H,12-13H2,1-4H3,(H,26,27). The Morgan fingerprint density at radius 3 is 2.67 bits per heavy atom. The third kappa shape index (κ3) is 4.08. The molecule has 1 heterocycles. The largest absolute Gasteiger partial charge is 0.478 e. The summed E-state index contributed by atoms with van der Waals surface area (Å²) >= 11 is 0. The second-order valence-corrected chi connectivity index (χ2v) is 8.71. The van der Waals surface area contributed by atoms with Crippen LogP contribution in [0.3, 0.4) is 0 Å². The van der Waals surface area contributed by atoms with Gasteiger partial charge in [0.05, 0.1) is 23.8 Å². The molecule has 0 fully saturated rings. The third-order valence-electron chi connectivity index (χ3n) is 5.18. The Bertz CT molecular complexity index is 858. The van der Waals surface area contributed by atoms with Gasteiger partial charge in [-0.1, -0.05) is 26.0 Å². The molecule has 5 heteroatoms. The highest BCUT2D eigenvalue weighted by Gasteiger charge is 2.36. The van der Waals surface area contributed by atoms with Gasteiger partial charge in [-0.25, -0.2) is 4.79 Å². The molecule has 3 rings (SSSR count). The van der Waals surface area contributed by atoms with Crippen LogP contribution in [0, 0.1) is 5.41 Å². The number of carbonyl (C=O) groups is 1. The lowest BCUT2D eigenvalue weighted by molar-refractivity contribution is 0.0696. The van der Waals surface area contributed by atoms with Gasteiger partial charge in [-0.05, 0) is 67.1 Å². The Hall–Kier alpha value is -2.53. The van der Waals surface area contributed by atoms with Gasteiger partial charge >= 0.3 is 5.97 Å². The van der Waals surface area contributed by atoms with E-state index in [1.165, 1.54) is 0 Å². The fourth-order valence-electron chi connectivity index (χ4n) is 3.72. The number of benzene rings is 2. The average Bonchev–Trinajstić information content (AvgIpc) is 2.59. The lowest BCUT2D eigenvalue weighted by Crippen LogP contribution is -2.36. The minimum Gasteiger partial charge on any atom is -0.478 e. The van der Waals surface area contributed by atoms with Crippen LogP contribution in [0.15, 0.2) is 42.5 Å². The highest BCUT2D eigenvalue weighted by atomic mass is 16.4. The van der Waals surface area contributed by atoms with Gasteiger partial charge < -0.3 is 20.8 Å². The van der Waals surface area contributed by atoms with Crippen molar-refractivity contribution in [3.63, 3.8) is 0 Å². The van der Waals surface area contributed by atoms with Crippen molar-refractivity contribution in [1.29, 1.82) is 0 Å². The predicted octanol–water partition coefficient (Wildman–Crippen LogP) is 4.30. The Morgan fingerprint density at radius 1 is 1.26 bits per heavy atom. The van der Waals surface area contributed by atoms with Crippen LogP contribution < -0.4 is 10.6 Å². The summed E-state index contributed by atoms with van der Waals surface area (Å²) in [6.07, 6.45) is 0.793. The number of aromatic carboxylic acids is 1. The molecule has 1 unspecified atom stereocenters. The summed E-state index contributed by atoms with van der Waals surface area (Å²) in [5.41, 5.74) is 3.98. The molecule has 2 aromatic rings. The highest BCUT2D eigenvalue weighted by Crippen LogP contribution is 2.45. The Balaban J connectivity index is 1.92. The maximum Gasteiger partial charge on any atom is 0.335 e. The number of carboxylic acid groups (broad SMARTS) is 1. The van der Waals surface area contributed by atoms with Crippen molar-refractivity contribution in [1.82, 2.24) is 0 Å². The second kappa shape index (κ2) is 6.89. The van der Waals surface area contributed by atoms with Crippen molar-refractivity contribution in [2.75, 3.05) is 17.2 Å². The summed E-state index contributed by atoms with van der Waals surface area (Å²) in [5, 5.41) is 25.7. The number of hydrogen-bond donors (Lipinski definition) is 4. The molecule has 27 heavy (non-hydrogen) atoms. The van der Waals surface area contributed by atoms with E-state index in [-0.39, 0.29) is 18.1 Å². The van der Waals surface area contributed by atoms with Crippen molar-refractivity contribution in [3.05, 3.63) is 59.2 Å². The first kappa shape index (κ1) is 19.2. The van der Waals surface area contributed by atoms with E-state index in [4.69, 9.17) is 0 Å². The number of hydrogen-bond acceptors (Lipinski definition) is 4. The minimum atomic E-state index is -0.900. The second-order valence-electron chi connectivity index (χ2n) is 8.71. The predicted molar refractivity (Wildman–Crippen MR) is 108 cm³/mol. The van der Waals surface area contributed by atoms with Crippen LogP contribution in [-0.4, -0.2) is 28.3 Å². The summed E-state index contributed by atoms with van der Waals surface area (Å²) < 4.78 is 0. The minimum absolute atomic E-state index is 0.0453. The van der Waals surface area contributed by atoms with Gasteiger partial charge in [0.2, 0.25) is 0 Å². The summed E-state index contributed by atoms with van der Waals surface area (Å²) in [5.74, 6) is -0.900. The first-order chi connectivity index (χ1) is 12.6. The van der Waals surface area contributed by atoms with Gasteiger partial charge in [0.15, 0.2) is 0 Å². The molecular formula is C22H28N2O3. The van der Waals surface area contributed by atoms with Crippen LogP contribution in [0.2, 0.25) is 0 Å². The molecule has 1 atom stereocenters. The molecule has 1 aliphatic rings. The maximum atomic E-state index is 11.3. The molecule has 0 aliphatic carbocycles. The topological polar surface area (TPSA) is 81.6 Å². The van der Waals surface area contributed by atoms with Gasteiger partial charge in [0.25, 0.3) is 0 Å². The lowest BCUT2D eigenvalue weighted by Gasteiger charge is -2.41. The van der Waals surface area contributed by atoms with Gasteiger partial charge in [0, 0.05) is 11.4 Å². The van der Waals surface area contributed by atoms with Gasteiger partial charge in [0.1, 0.15) is 0 Å². The van der Waals surface area contributed by atoms with E-state index in [2.05, 4.69) is 36.6 Å². The average molecular weight is 368 g/mol. The summed E-state index contributed by atoms with van der Waals surface area (Å²) in [4.78, 5) is 11.3. The first-order valence-corrected chi connectivity index (χ1v) is 9.23. The maximum absolute atomic E-state index is 11.3. The van der Waals surface area contributed by atoms with Gasteiger partial charge in [-0.15, -0.1) is 0 Å². The molecule has 0 saturated heterocycles. The Morgan fingerprint density at radius 2 is 2.00 bits per heavy atom. The van der Waals surface area contributed by atoms with Crippen molar-refractivity contribution in [2.24, 2.45) is 5.41 Å². The molecule has 4 N–H and O–H groups in total. The monoisotopic (exact) mass is 368 g/mol. The normalized spacial score (nSPS) is 18.3. The van der Waals surface area contributed by atoms with Crippen molar-refractivity contribution < 1.29 is 15.0 Å². The molecular weight excluding hydrogens is 340 g/mol. The zero-order valence-electron chi connectivity index (χ0n) is 16.3. The number of aliphatic hydroxyl groups excluding tert-OH is 1. The van der Waals surface area contributed by atoms with Crippen LogP contribution in [0.4, 0.5) is 11.4 Å². The van der Waals surface area contributed by atoms with Crippen LogP contribution in [-0.2, 0) is 6.42 Å². The number of anilines is 2.